The van der Waals surface area contributed by atoms with Crippen LogP contribution < -0.4 is 0 Å². The molecular weight excluding hydrogens is 431 g/mol. The van der Waals surface area contributed by atoms with Crippen LogP contribution in [0, 0.1) is 5.92 Å². The maximum Gasteiger partial charge on any atom is 0.344 e. The van der Waals surface area contributed by atoms with Crippen molar-refractivity contribution in [3.63, 3.8) is 0 Å². The molecule has 0 amide bonds. The highest BCUT2D eigenvalue weighted by Gasteiger charge is 2.51. The van der Waals surface area contributed by atoms with Crippen LogP contribution in [0.2, 0.25) is 10.0 Å². The lowest BCUT2D eigenvalue weighted by atomic mass is 9.74. The molecule has 29 heavy (non-hydrogen) atoms. The zero-order valence-electron chi connectivity index (χ0n) is 16.2. The van der Waals surface area contributed by atoms with Crippen molar-refractivity contribution in [2.45, 2.75) is 30.3 Å². The fourth-order valence-corrected chi connectivity index (χ4v) is 5.36. The van der Waals surface area contributed by atoms with E-state index in [0.29, 0.717) is 26.1 Å². The van der Waals surface area contributed by atoms with E-state index < -0.39 is 28.3 Å². The van der Waals surface area contributed by atoms with Crippen LogP contribution in [-0.2, 0) is 20.7 Å². The van der Waals surface area contributed by atoms with Crippen LogP contribution >= 0.6 is 35.0 Å². The zero-order chi connectivity index (χ0) is 21.4. The lowest BCUT2D eigenvalue weighted by Gasteiger charge is -2.40. The van der Waals surface area contributed by atoms with Gasteiger partial charge in [0.2, 0.25) is 0 Å². The number of benzene rings is 2. The first-order valence-corrected chi connectivity index (χ1v) is 10.6. The molecule has 2 aromatic rings. The fourth-order valence-electron chi connectivity index (χ4n) is 3.57. The molecular formula is C22H22Cl2O4S. The molecule has 0 saturated heterocycles. The number of carbonyl (C=O) groups is 1. The molecule has 0 aliphatic carbocycles. The normalized spacial score (nSPS) is 23.1. The molecule has 7 heteroatoms. The third-order valence-corrected chi connectivity index (χ3v) is 7.42. The Hall–Kier alpha value is -1.50. The third-order valence-electron chi connectivity index (χ3n) is 5.36. The van der Waals surface area contributed by atoms with E-state index in [1.165, 1.54) is 18.9 Å². The van der Waals surface area contributed by atoms with Gasteiger partial charge in [0, 0.05) is 16.0 Å². The summed E-state index contributed by atoms with van der Waals surface area (Å²) in [7, 11) is 1.31. The molecule has 1 aliphatic heterocycles. The van der Waals surface area contributed by atoms with E-state index in [4.69, 9.17) is 27.9 Å². The van der Waals surface area contributed by atoms with Gasteiger partial charge in [-0.05, 0) is 49.2 Å². The van der Waals surface area contributed by atoms with E-state index in [9.17, 15) is 15.0 Å². The number of halogens is 2. The van der Waals surface area contributed by atoms with Gasteiger partial charge in [-0.2, -0.15) is 0 Å². The summed E-state index contributed by atoms with van der Waals surface area (Å²) in [5, 5.41) is 23.5. The lowest BCUT2D eigenvalue weighted by Crippen LogP contribution is -2.45. The van der Waals surface area contributed by atoms with E-state index in [1.807, 2.05) is 0 Å². The van der Waals surface area contributed by atoms with Gasteiger partial charge < -0.3 is 14.9 Å². The molecule has 0 aromatic heterocycles. The molecule has 0 spiro atoms. The van der Waals surface area contributed by atoms with Crippen LogP contribution in [0.25, 0.3) is 0 Å². The van der Waals surface area contributed by atoms with Crippen molar-refractivity contribution >= 4 is 40.9 Å². The zero-order valence-corrected chi connectivity index (χ0v) is 18.6. The van der Waals surface area contributed by atoms with E-state index in [1.54, 1.807) is 68.5 Å². The maximum atomic E-state index is 12.2. The first-order valence-electron chi connectivity index (χ1n) is 9.01. The number of aliphatic hydroxyl groups is 2. The molecule has 4 nitrogen and oxygen atoms in total. The number of thioether (sulfide) groups is 1. The first kappa shape index (κ1) is 22.2. The van der Waals surface area contributed by atoms with Crippen LogP contribution in [0.4, 0.5) is 0 Å². The molecule has 154 valence electrons. The Balaban J connectivity index is 2.06. The topological polar surface area (TPSA) is 66.8 Å². The van der Waals surface area contributed by atoms with E-state index in [-0.39, 0.29) is 0 Å². The van der Waals surface area contributed by atoms with Gasteiger partial charge in [0.15, 0.2) is 0 Å². The van der Waals surface area contributed by atoms with E-state index in [0.717, 1.165) is 0 Å². The number of methoxy groups -OCH3 is 1. The average molecular weight is 453 g/mol. The molecule has 0 saturated carbocycles. The van der Waals surface area contributed by atoms with Gasteiger partial charge >= 0.3 is 5.97 Å². The number of carbonyl (C=O) groups excluding carboxylic acids is 1. The van der Waals surface area contributed by atoms with Gasteiger partial charge in [-0.25, -0.2) is 4.79 Å². The Kier molecular flexibility index (Phi) is 6.37. The average Bonchev–Trinajstić information content (AvgIpc) is 3.15. The first-order chi connectivity index (χ1) is 13.6. The quantitative estimate of drug-likeness (QED) is 0.631. The Morgan fingerprint density at radius 1 is 0.931 bits per heavy atom. The highest BCUT2D eigenvalue weighted by molar-refractivity contribution is 8.04. The predicted molar refractivity (Wildman–Crippen MR) is 117 cm³/mol. The summed E-state index contributed by atoms with van der Waals surface area (Å²) in [5.74, 6) is -1.07. The van der Waals surface area contributed by atoms with Gasteiger partial charge in [0.25, 0.3) is 0 Å². The predicted octanol–water partition coefficient (Wildman–Crippen LogP) is 4.90. The molecule has 1 aliphatic rings. The monoisotopic (exact) mass is 452 g/mol. The van der Waals surface area contributed by atoms with Crippen molar-refractivity contribution in [1.29, 1.82) is 0 Å². The Morgan fingerprint density at radius 2 is 1.38 bits per heavy atom. The maximum absolute atomic E-state index is 12.2. The molecule has 0 unspecified atom stereocenters. The largest absolute Gasteiger partial charge is 0.465 e. The number of esters is 1. The summed E-state index contributed by atoms with van der Waals surface area (Å²) < 4.78 is 4.87. The molecule has 0 bridgehead atoms. The van der Waals surface area contributed by atoms with Crippen molar-refractivity contribution in [2.24, 2.45) is 5.92 Å². The van der Waals surface area contributed by atoms with Gasteiger partial charge in [-0.3, -0.25) is 0 Å². The SMILES string of the molecule is COC(=O)C1=C[C@@H]([C@](C)(O)c2ccc(Cl)cc2)[C@H]([C@](C)(O)c2ccc(Cl)cc2)S1. The minimum Gasteiger partial charge on any atom is -0.465 e. The second kappa shape index (κ2) is 8.32. The highest BCUT2D eigenvalue weighted by Crippen LogP contribution is 2.52. The van der Waals surface area contributed by atoms with Gasteiger partial charge in [0.05, 0.1) is 28.5 Å². The van der Waals surface area contributed by atoms with Crippen molar-refractivity contribution < 1.29 is 19.7 Å². The molecule has 1 heterocycles. The number of rotatable bonds is 5. The molecule has 4 atom stereocenters. The minimum absolute atomic E-state index is 0.353. The van der Waals surface area contributed by atoms with Crippen LogP contribution in [0.15, 0.2) is 59.5 Å². The van der Waals surface area contributed by atoms with Crippen LogP contribution in [0.3, 0.4) is 0 Å². The van der Waals surface area contributed by atoms with Gasteiger partial charge in [0.1, 0.15) is 0 Å². The van der Waals surface area contributed by atoms with Crippen LogP contribution in [-0.4, -0.2) is 28.5 Å². The molecule has 2 aromatic carbocycles. The van der Waals surface area contributed by atoms with Gasteiger partial charge in [-0.1, -0.05) is 53.5 Å². The third kappa shape index (κ3) is 4.35. The Bertz CT molecular complexity index is 921. The number of hydrogen-bond acceptors (Lipinski definition) is 5. The Labute approximate surface area is 184 Å². The second-order valence-corrected chi connectivity index (χ2v) is 9.45. The van der Waals surface area contributed by atoms with Crippen molar-refractivity contribution in [3.05, 3.63) is 80.7 Å². The van der Waals surface area contributed by atoms with Crippen molar-refractivity contribution in [3.8, 4) is 0 Å². The van der Waals surface area contributed by atoms with E-state index >= 15 is 0 Å². The summed E-state index contributed by atoms with van der Waals surface area (Å²) in [6, 6.07) is 13.8. The molecule has 3 rings (SSSR count). The summed E-state index contributed by atoms with van der Waals surface area (Å²) in [6.45, 7) is 3.34. The lowest BCUT2D eigenvalue weighted by molar-refractivity contribution is -0.135. The standard InChI is InChI=1S/C22H22Cl2O4S/c1-21(26,13-4-8-15(23)9-5-13)17-12-18(20(25)28-3)29-19(17)22(2,27)14-6-10-16(24)11-7-14/h4-12,17,19,26-27H,1-3H3/t17-,19-,21-,22-/m1/s1. The number of hydrogen-bond donors (Lipinski definition) is 2. The molecule has 0 radical (unpaired) electrons. The summed E-state index contributed by atoms with van der Waals surface area (Å²) in [4.78, 5) is 12.6. The highest BCUT2D eigenvalue weighted by atomic mass is 35.5. The second-order valence-electron chi connectivity index (χ2n) is 7.40. The van der Waals surface area contributed by atoms with E-state index in [2.05, 4.69) is 0 Å². The van der Waals surface area contributed by atoms with Crippen molar-refractivity contribution in [1.82, 2.24) is 0 Å². The number of ether oxygens (including phenoxy) is 1. The molecule has 2 N–H and O–H groups in total. The summed E-state index contributed by atoms with van der Waals surface area (Å²) >= 11 is 13.2. The minimum atomic E-state index is -1.37. The fraction of sp³-hybridized carbons (Fsp3) is 0.318. The van der Waals surface area contributed by atoms with Crippen molar-refractivity contribution in [2.75, 3.05) is 7.11 Å². The Morgan fingerprint density at radius 3 is 1.83 bits per heavy atom. The smallest absolute Gasteiger partial charge is 0.344 e. The van der Waals surface area contributed by atoms with Gasteiger partial charge in [-0.15, -0.1) is 11.8 Å². The van der Waals surface area contributed by atoms with Crippen LogP contribution in [0.5, 0.6) is 0 Å². The molecule has 0 fully saturated rings. The van der Waals surface area contributed by atoms with Crippen LogP contribution in [0.1, 0.15) is 25.0 Å². The summed E-state index contributed by atoms with van der Waals surface area (Å²) in [5.41, 5.74) is -1.46. The summed E-state index contributed by atoms with van der Waals surface area (Å²) in [6.07, 6.45) is 1.68.